The van der Waals surface area contributed by atoms with E-state index < -0.39 is 23.8 Å². The lowest BCUT2D eigenvalue weighted by molar-refractivity contribution is -0.136. The highest BCUT2D eigenvalue weighted by molar-refractivity contribution is 6.24. The molecule has 4 rings (SSSR count). The van der Waals surface area contributed by atoms with Gasteiger partial charge in [-0.2, -0.15) is 0 Å². The lowest BCUT2D eigenvalue weighted by atomic mass is 10.0. The molecule has 4 amide bonds. The zero-order valence-electron chi connectivity index (χ0n) is 14.9. The molecule has 0 aromatic heterocycles. The molecule has 2 heterocycles. The minimum absolute atomic E-state index is 0.111. The van der Waals surface area contributed by atoms with E-state index in [0.717, 1.165) is 29.7 Å². The lowest BCUT2D eigenvalue weighted by Crippen LogP contribution is -2.54. The van der Waals surface area contributed by atoms with Gasteiger partial charge in [-0.25, -0.2) is 0 Å². The van der Waals surface area contributed by atoms with Gasteiger partial charge in [-0.05, 0) is 37.3 Å². The highest BCUT2D eigenvalue weighted by atomic mass is 16.2. The van der Waals surface area contributed by atoms with Gasteiger partial charge in [0.15, 0.2) is 0 Å². The third-order valence-corrected chi connectivity index (χ3v) is 5.61. The fourth-order valence-corrected chi connectivity index (χ4v) is 4.19. The molecule has 0 bridgehead atoms. The van der Waals surface area contributed by atoms with Gasteiger partial charge >= 0.3 is 0 Å². The molecule has 0 spiro atoms. The standard InChI is InChI=1S/C19H22N4O4/c20-11-4-5-12(8-11)21-9-10-2-1-3-13-16(10)19(27)23(18(13)26)14-6-7-15(24)22-17(14)25/h1-3,11-12,14,21H,4-9,20H2,(H,22,24,25)/t11-,12+,14?/m1/s1. The van der Waals surface area contributed by atoms with E-state index in [-0.39, 0.29) is 24.8 Å². The van der Waals surface area contributed by atoms with E-state index >= 15 is 0 Å². The Morgan fingerprint density at radius 1 is 1.11 bits per heavy atom. The van der Waals surface area contributed by atoms with Crippen LogP contribution in [-0.2, 0) is 16.1 Å². The van der Waals surface area contributed by atoms with Crippen LogP contribution in [-0.4, -0.2) is 46.7 Å². The number of fused-ring (bicyclic) bond motifs is 1. The number of carbonyl (C=O) groups is 4. The molecule has 8 nitrogen and oxygen atoms in total. The Morgan fingerprint density at radius 3 is 2.63 bits per heavy atom. The summed E-state index contributed by atoms with van der Waals surface area (Å²) in [6.45, 7) is 0.461. The topological polar surface area (TPSA) is 122 Å². The maximum absolute atomic E-state index is 13.0. The van der Waals surface area contributed by atoms with E-state index in [4.69, 9.17) is 5.73 Å². The van der Waals surface area contributed by atoms with E-state index in [1.807, 2.05) is 6.07 Å². The van der Waals surface area contributed by atoms with Crippen molar-refractivity contribution in [3.8, 4) is 0 Å². The summed E-state index contributed by atoms with van der Waals surface area (Å²) in [5.41, 5.74) is 7.34. The quantitative estimate of drug-likeness (QED) is 0.644. The summed E-state index contributed by atoms with van der Waals surface area (Å²) in [4.78, 5) is 50.3. The summed E-state index contributed by atoms with van der Waals surface area (Å²) in [5, 5.41) is 5.62. The van der Waals surface area contributed by atoms with Crippen LogP contribution in [0.15, 0.2) is 18.2 Å². The number of amides is 4. The van der Waals surface area contributed by atoms with E-state index in [0.29, 0.717) is 23.7 Å². The predicted octanol–water partition coefficient (Wildman–Crippen LogP) is 0.0572. The zero-order chi connectivity index (χ0) is 19.1. The molecular weight excluding hydrogens is 348 g/mol. The Balaban J connectivity index is 1.56. The number of nitrogens with two attached hydrogens (primary N) is 1. The number of imide groups is 2. The first-order valence-electron chi connectivity index (χ1n) is 9.28. The van der Waals surface area contributed by atoms with Crippen LogP contribution in [0.2, 0.25) is 0 Å². The van der Waals surface area contributed by atoms with Crippen molar-refractivity contribution in [2.75, 3.05) is 0 Å². The second kappa shape index (κ2) is 6.86. The summed E-state index contributed by atoms with van der Waals surface area (Å²) in [5.74, 6) is -1.92. The minimum Gasteiger partial charge on any atom is -0.328 e. The number of carbonyl (C=O) groups excluding carboxylic acids is 4. The largest absolute Gasteiger partial charge is 0.328 e. The summed E-state index contributed by atoms with van der Waals surface area (Å²) in [6.07, 6.45) is 3.13. The molecule has 1 saturated heterocycles. The van der Waals surface area contributed by atoms with Crippen molar-refractivity contribution in [1.29, 1.82) is 0 Å². The molecule has 0 radical (unpaired) electrons. The van der Waals surface area contributed by atoms with Crippen molar-refractivity contribution in [2.45, 2.75) is 56.8 Å². The SMILES string of the molecule is N[C@@H]1CC[C@H](NCc2cccc3c2C(=O)N(C2CCC(=O)NC2=O)C3=O)C1. The minimum atomic E-state index is -0.941. The van der Waals surface area contributed by atoms with Crippen molar-refractivity contribution >= 4 is 23.6 Å². The summed E-state index contributed by atoms with van der Waals surface area (Å²) in [7, 11) is 0. The average molecular weight is 370 g/mol. The Morgan fingerprint density at radius 2 is 1.93 bits per heavy atom. The van der Waals surface area contributed by atoms with Gasteiger partial charge in [-0.15, -0.1) is 0 Å². The molecule has 2 fully saturated rings. The van der Waals surface area contributed by atoms with Crippen LogP contribution in [0.3, 0.4) is 0 Å². The zero-order valence-corrected chi connectivity index (χ0v) is 14.9. The summed E-state index contributed by atoms with van der Waals surface area (Å²) >= 11 is 0. The molecule has 142 valence electrons. The van der Waals surface area contributed by atoms with Crippen LogP contribution >= 0.6 is 0 Å². The van der Waals surface area contributed by atoms with E-state index in [2.05, 4.69) is 10.6 Å². The number of hydrogen-bond acceptors (Lipinski definition) is 6. The number of piperidine rings is 1. The first-order chi connectivity index (χ1) is 13.0. The molecule has 2 aliphatic heterocycles. The Hall–Kier alpha value is -2.58. The van der Waals surface area contributed by atoms with Crippen LogP contribution in [0.25, 0.3) is 0 Å². The third kappa shape index (κ3) is 3.15. The molecule has 27 heavy (non-hydrogen) atoms. The molecule has 1 aliphatic carbocycles. The van der Waals surface area contributed by atoms with Crippen LogP contribution < -0.4 is 16.4 Å². The Bertz CT molecular complexity index is 837. The maximum atomic E-state index is 13.0. The fraction of sp³-hybridized carbons (Fsp3) is 0.474. The third-order valence-electron chi connectivity index (χ3n) is 5.61. The molecule has 1 unspecified atom stereocenters. The predicted molar refractivity (Wildman–Crippen MR) is 95.6 cm³/mol. The summed E-state index contributed by atoms with van der Waals surface area (Å²) < 4.78 is 0. The molecule has 1 aromatic rings. The monoisotopic (exact) mass is 370 g/mol. The fourth-order valence-electron chi connectivity index (χ4n) is 4.19. The second-order valence-electron chi connectivity index (χ2n) is 7.44. The molecule has 8 heteroatoms. The lowest BCUT2D eigenvalue weighted by Gasteiger charge is -2.27. The van der Waals surface area contributed by atoms with Crippen molar-refractivity contribution in [1.82, 2.24) is 15.5 Å². The number of hydrogen-bond donors (Lipinski definition) is 3. The average Bonchev–Trinajstić information content (AvgIpc) is 3.16. The molecule has 3 aliphatic rings. The van der Waals surface area contributed by atoms with Gasteiger partial charge in [0.1, 0.15) is 6.04 Å². The van der Waals surface area contributed by atoms with Gasteiger partial charge in [0, 0.05) is 25.0 Å². The number of benzene rings is 1. The molecule has 1 saturated carbocycles. The first kappa shape index (κ1) is 17.8. The van der Waals surface area contributed by atoms with Gasteiger partial charge < -0.3 is 11.1 Å². The second-order valence-corrected chi connectivity index (χ2v) is 7.44. The van der Waals surface area contributed by atoms with E-state index in [1.54, 1.807) is 12.1 Å². The van der Waals surface area contributed by atoms with Crippen molar-refractivity contribution < 1.29 is 19.2 Å². The van der Waals surface area contributed by atoms with Crippen LogP contribution in [0.1, 0.15) is 58.4 Å². The number of rotatable bonds is 4. The van der Waals surface area contributed by atoms with Gasteiger partial charge in [0.2, 0.25) is 11.8 Å². The van der Waals surface area contributed by atoms with Crippen LogP contribution in [0, 0.1) is 0 Å². The van der Waals surface area contributed by atoms with Gasteiger partial charge in [0.05, 0.1) is 11.1 Å². The van der Waals surface area contributed by atoms with Gasteiger partial charge in [0.25, 0.3) is 11.8 Å². The van der Waals surface area contributed by atoms with E-state index in [1.165, 1.54) is 0 Å². The van der Waals surface area contributed by atoms with Gasteiger partial charge in [-0.1, -0.05) is 12.1 Å². The number of nitrogens with zero attached hydrogens (tertiary/aromatic N) is 1. The Kier molecular flexibility index (Phi) is 4.53. The molecular formula is C19H22N4O4. The molecule has 4 N–H and O–H groups in total. The van der Waals surface area contributed by atoms with Crippen LogP contribution in [0.5, 0.6) is 0 Å². The smallest absolute Gasteiger partial charge is 0.262 e. The van der Waals surface area contributed by atoms with Crippen molar-refractivity contribution in [3.63, 3.8) is 0 Å². The highest BCUT2D eigenvalue weighted by Crippen LogP contribution is 2.30. The first-order valence-corrected chi connectivity index (χ1v) is 9.28. The maximum Gasteiger partial charge on any atom is 0.262 e. The Labute approximate surface area is 156 Å². The highest BCUT2D eigenvalue weighted by Gasteiger charge is 2.45. The van der Waals surface area contributed by atoms with Crippen LogP contribution in [0.4, 0.5) is 0 Å². The van der Waals surface area contributed by atoms with E-state index in [9.17, 15) is 19.2 Å². The van der Waals surface area contributed by atoms with Crippen molar-refractivity contribution in [3.05, 3.63) is 34.9 Å². The normalized spacial score (nSPS) is 27.9. The molecule has 1 aromatic carbocycles. The number of nitrogens with one attached hydrogen (secondary N) is 2. The molecule has 3 atom stereocenters. The summed E-state index contributed by atoms with van der Waals surface area (Å²) in [6, 6.07) is 4.74. The van der Waals surface area contributed by atoms with Gasteiger partial charge in [-0.3, -0.25) is 29.4 Å². The van der Waals surface area contributed by atoms with Crippen molar-refractivity contribution in [2.24, 2.45) is 5.73 Å².